The number of carbonyl (C=O) groups is 2. The number of halogens is 1. The maximum absolute atomic E-state index is 13.1. The van der Waals surface area contributed by atoms with E-state index < -0.39 is 6.10 Å². The normalized spacial score (nSPS) is 21.6. The molecule has 0 saturated carbocycles. The van der Waals surface area contributed by atoms with E-state index in [9.17, 15) is 9.59 Å². The molecule has 0 spiro atoms. The Balaban J connectivity index is 1.43. The number of ether oxygens (including phenoxy) is 1. The van der Waals surface area contributed by atoms with Crippen molar-refractivity contribution in [2.24, 2.45) is 5.92 Å². The second-order valence-corrected chi connectivity index (χ2v) is 9.26. The van der Waals surface area contributed by atoms with Crippen molar-refractivity contribution in [2.75, 3.05) is 32.7 Å². The quantitative estimate of drug-likeness (QED) is 0.738. The molecule has 1 aromatic heterocycles. The number of pyridine rings is 1. The summed E-state index contributed by atoms with van der Waals surface area (Å²) in [6, 6.07) is 5.83. The van der Waals surface area contributed by atoms with Gasteiger partial charge in [0.15, 0.2) is 6.10 Å². The van der Waals surface area contributed by atoms with E-state index in [0.717, 1.165) is 54.1 Å². The minimum Gasteiger partial charge on any atom is -0.479 e. The standard InChI is InChI=1S/C24H27ClN4O3/c1-14(30)28-13-15-8-19-18(2-3-27-21(19)9-15)20-12-17(25)10-16-11-22(32-23(16)20)24(31)29-6-4-26-5-7-29/h2-3,10,12,15,22,26H,4-9,11,13H2,1H3,(H,28,30). The summed E-state index contributed by atoms with van der Waals surface area (Å²) in [6.07, 6.45) is 3.51. The van der Waals surface area contributed by atoms with Gasteiger partial charge in [0.25, 0.3) is 5.91 Å². The highest BCUT2D eigenvalue weighted by Gasteiger charge is 2.36. The molecule has 3 aliphatic rings. The van der Waals surface area contributed by atoms with E-state index in [1.54, 1.807) is 0 Å². The maximum atomic E-state index is 13.1. The molecule has 32 heavy (non-hydrogen) atoms. The van der Waals surface area contributed by atoms with E-state index in [1.165, 1.54) is 12.5 Å². The van der Waals surface area contributed by atoms with Crippen molar-refractivity contribution >= 4 is 23.4 Å². The topological polar surface area (TPSA) is 83.6 Å². The van der Waals surface area contributed by atoms with Crippen molar-refractivity contribution in [3.8, 4) is 16.9 Å². The van der Waals surface area contributed by atoms with Gasteiger partial charge in [-0.05, 0) is 48.1 Å². The number of amides is 2. The van der Waals surface area contributed by atoms with Gasteiger partial charge in [-0.1, -0.05) is 11.6 Å². The van der Waals surface area contributed by atoms with Gasteiger partial charge in [0, 0.05) is 74.1 Å². The number of hydrogen-bond donors (Lipinski definition) is 2. The number of nitrogens with zero attached hydrogens (tertiary/aromatic N) is 2. The van der Waals surface area contributed by atoms with Gasteiger partial charge in [-0.15, -0.1) is 0 Å². The van der Waals surface area contributed by atoms with E-state index in [4.69, 9.17) is 16.3 Å². The van der Waals surface area contributed by atoms with Crippen LogP contribution in [0.25, 0.3) is 11.1 Å². The minimum atomic E-state index is -0.511. The van der Waals surface area contributed by atoms with Crippen molar-refractivity contribution in [1.29, 1.82) is 0 Å². The average Bonchev–Trinajstić information content (AvgIpc) is 3.41. The van der Waals surface area contributed by atoms with Gasteiger partial charge in [-0.2, -0.15) is 0 Å². The first-order valence-electron chi connectivity index (χ1n) is 11.2. The van der Waals surface area contributed by atoms with Gasteiger partial charge in [0.05, 0.1) is 0 Å². The summed E-state index contributed by atoms with van der Waals surface area (Å²) in [5, 5.41) is 6.83. The summed E-state index contributed by atoms with van der Waals surface area (Å²) in [5.74, 6) is 1.09. The van der Waals surface area contributed by atoms with Crippen molar-refractivity contribution in [1.82, 2.24) is 20.5 Å². The summed E-state index contributed by atoms with van der Waals surface area (Å²) in [6.45, 7) is 5.20. The molecule has 2 aromatic rings. The fourth-order valence-electron chi connectivity index (χ4n) is 5.01. The first-order valence-corrected chi connectivity index (χ1v) is 11.6. The third-order valence-electron chi connectivity index (χ3n) is 6.55. The molecular weight excluding hydrogens is 428 g/mol. The predicted octanol–water partition coefficient (Wildman–Crippen LogP) is 1.99. The fourth-order valence-corrected chi connectivity index (χ4v) is 5.25. The summed E-state index contributed by atoms with van der Waals surface area (Å²) in [5.41, 5.74) is 5.17. The highest BCUT2D eigenvalue weighted by atomic mass is 35.5. The van der Waals surface area contributed by atoms with Gasteiger partial charge >= 0.3 is 0 Å². The lowest BCUT2D eigenvalue weighted by molar-refractivity contribution is -0.138. The smallest absolute Gasteiger partial charge is 0.264 e. The summed E-state index contributed by atoms with van der Waals surface area (Å²) >= 11 is 6.50. The average molecular weight is 455 g/mol. The third-order valence-corrected chi connectivity index (χ3v) is 6.77. The van der Waals surface area contributed by atoms with Crippen LogP contribution in [-0.2, 0) is 28.9 Å². The third kappa shape index (κ3) is 4.07. The Morgan fingerprint density at radius 1 is 1.22 bits per heavy atom. The van der Waals surface area contributed by atoms with Crippen LogP contribution in [0.1, 0.15) is 23.7 Å². The molecule has 2 unspecified atom stereocenters. The lowest BCUT2D eigenvalue weighted by atomic mass is 9.95. The zero-order chi connectivity index (χ0) is 22.2. The SMILES string of the molecule is CC(=O)NCC1Cc2nccc(-c3cc(Cl)cc4c3OC(C(=O)N3CCNCC3)C4)c2C1. The van der Waals surface area contributed by atoms with Crippen molar-refractivity contribution in [2.45, 2.75) is 32.3 Å². The predicted molar refractivity (Wildman–Crippen MR) is 122 cm³/mol. The number of rotatable bonds is 4. The number of fused-ring (bicyclic) bond motifs is 2. The van der Waals surface area contributed by atoms with E-state index >= 15 is 0 Å². The molecule has 0 bridgehead atoms. The molecule has 2 N–H and O–H groups in total. The molecule has 8 heteroatoms. The zero-order valence-electron chi connectivity index (χ0n) is 18.1. The molecule has 2 amide bonds. The number of carbonyl (C=O) groups excluding carboxylic acids is 2. The number of benzene rings is 1. The van der Waals surface area contributed by atoms with Crippen molar-refractivity contribution in [3.05, 3.63) is 46.2 Å². The Kier molecular flexibility index (Phi) is 5.78. The van der Waals surface area contributed by atoms with Crippen molar-refractivity contribution in [3.63, 3.8) is 0 Å². The van der Waals surface area contributed by atoms with Crippen LogP contribution < -0.4 is 15.4 Å². The van der Waals surface area contributed by atoms with Gasteiger partial charge in [0.1, 0.15) is 5.75 Å². The molecule has 2 atom stereocenters. The molecule has 3 heterocycles. The number of piperazine rings is 1. The summed E-state index contributed by atoms with van der Waals surface area (Å²) in [4.78, 5) is 30.9. The van der Waals surface area contributed by atoms with Crippen LogP contribution in [0.5, 0.6) is 5.75 Å². The maximum Gasteiger partial charge on any atom is 0.264 e. The molecule has 2 aliphatic heterocycles. The summed E-state index contributed by atoms with van der Waals surface area (Å²) < 4.78 is 6.28. The molecule has 1 saturated heterocycles. The number of aromatic nitrogens is 1. The van der Waals surface area contributed by atoms with Gasteiger partial charge in [0.2, 0.25) is 5.91 Å². The van der Waals surface area contributed by atoms with Gasteiger partial charge < -0.3 is 20.3 Å². The van der Waals surface area contributed by atoms with Crippen LogP contribution in [-0.4, -0.2) is 60.5 Å². The zero-order valence-corrected chi connectivity index (χ0v) is 18.9. The lowest BCUT2D eigenvalue weighted by Gasteiger charge is -2.29. The number of nitrogens with one attached hydrogen (secondary N) is 2. The summed E-state index contributed by atoms with van der Waals surface area (Å²) in [7, 11) is 0. The Bertz CT molecular complexity index is 1070. The van der Waals surface area contributed by atoms with E-state index in [2.05, 4.69) is 15.6 Å². The highest BCUT2D eigenvalue weighted by molar-refractivity contribution is 6.31. The molecule has 168 valence electrons. The Morgan fingerprint density at radius 3 is 2.81 bits per heavy atom. The van der Waals surface area contributed by atoms with Crippen LogP contribution in [0.4, 0.5) is 0 Å². The van der Waals surface area contributed by atoms with Gasteiger partial charge in [-0.3, -0.25) is 14.6 Å². The second-order valence-electron chi connectivity index (χ2n) is 8.82. The fraction of sp³-hybridized carbons (Fsp3) is 0.458. The minimum absolute atomic E-state index is 0.0182. The molecular formula is C24H27ClN4O3. The van der Waals surface area contributed by atoms with Crippen LogP contribution in [0.2, 0.25) is 5.02 Å². The van der Waals surface area contributed by atoms with Crippen LogP contribution >= 0.6 is 11.6 Å². The monoisotopic (exact) mass is 454 g/mol. The number of hydrogen-bond acceptors (Lipinski definition) is 5. The van der Waals surface area contributed by atoms with Gasteiger partial charge in [-0.25, -0.2) is 0 Å². The van der Waals surface area contributed by atoms with Crippen LogP contribution in [0.15, 0.2) is 24.4 Å². The molecule has 0 radical (unpaired) electrons. The Morgan fingerprint density at radius 2 is 2.03 bits per heavy atom. The first kappa shape index (κ1) is 21.2. The van der Waals surface area contributed by atoms with E-state index in [1.807, 2.05) is 29.3 Å². The molecule has 1 fully saturated rings. The largest absolute Gasteiger partial charge is 0.479 e. The lowest BCUT2D eigenvalue weighted by Crippen LogP contribution is -2.50. The van der Waals surface area contributed by atoms with E-state index in [-0.39, 0.29) is 11.8 Å². The molecule has 1 aromatic carbocycles. The Labute approximate surface area is 192 Å². The van der Waals surface area contributed by atoms with Crippen LogP contribution in [0, 0.1) is 5.92 Å². The van der Waals surface area contributed by atoms with Crippen molar-refractivity contribution < 1.29 is 14.3 Å². The first-order chi connectivity index (χ1) is 15.5. The molecule has 5 rings (SSSR count). The molecule has 7 nitrogen and oxygen atoms in total. The van der Waals surface area contributed by atoms with Crippen LogP contribution in [0.3, 0.4) is 0 Å². The molecule has 1 aliphatic carbocycles. The second kappa shape index (κ2) is 8.71. The Hall–Kier alpha value is -2.64. The van der Waals surface area contributed by atoms with E-state index in [0.29, 0.717) is 37.0 Å². The highest BCUT2D eigenvalue weighted by Crippen LogP contribution is 2.44.